The van der Waals surface area contributed by atoms with Crippen molar-refractivity contribution in [3.63, 3.8) is 0 Å². The lowest BCUT2D eigenvalue weighted by Crippen LogP contribution is -2.47. The summed E-state index contributed by atoms with van der Waals surface area (Å²) in [5.74, 6) is 0.503. The van der Waals surface area contributed by atoms with Crippen molar-refractivity contribution in [3.05, 3.63) is 53.9 Å². The van der Waals surface area contributed by atoms with Crippen LogP contribution in [-0.2, 0) is 0 Å². The second-order valence-corrected chi connectivity index (χ2v) is 7.25. The molecule has 2 aliphatic rings. The van der Waals surface area contributed by atoms with Crippen molar-refractivity contribution in [2.75, 3.05) is 44.2 Å². The maximum Gasteiger partial charge on any atom is 0.261 e. The van der Waals surface area contributed by atoms with E-state index in [1.165, 1.54) is 4.90 Å². The zero-order valence-electron chi connectivity index (χ0n) is 16.0. The number of amides is 2. The van der Waals surface area contributed by atoms with Gasteiger partial charge in [0.1, 0.15) is 0 Å². The van der Waals surface area contributed by atoms with Gasteiger partial charge in [0.25, 0.3) is 11.8 Å². The third-order valence-electron chi connectivity index (χ3n) is 5.44. The molecule has 0 bridgehead atoms. The number of piperazine rings is 1. The van der Waals surface area contributed by atoms with E-state index in [0.29, 0.717) is 17.7 Å². The zero-order valence-corrected chi connectivity index (χ0v) is 16.0. The average molecular weight is 379 g/mol. The van der Waals surface area contributed by atoms with Gasteiger partial charge in [-0.25, -0.2) is 9.97 Å². The molecule has 2 aromatic rings. The Bertz CT molecular complexity index is 799. The van der Waals surface area contributed by atoms with Gasteiger partial charge in [-0.2, -0.15) is 0 Å². The van der Waals surface area contributed by atoms with E-state index in [0.717, 1.165) is 57.9 Å². The van der Waals surface area contributed by atoms with Gasteiger partial charge in [-0.05, 0) is 37.6 Å². The van der Waals surface area contributed by atoms with Crippen LogP contribution >= 0.6 is 0 Å². The monoisotopic (exact) mass is 379 g/mol. The lowest BCUT2D eigenvalue weighted by molar-refractivity contribution is 0.0651. The summed E-state index contributed by atoms with van der Waals surface area (Å²) in [7, 11) is 0. The van der Waals surface area contributed by atoms with E-state index < -0.39 is 0 Å². The Morgan fingerprint density at radius 2 is 1.36 bits per heavy atom. The largest absolute Gasteiger partial charge is 0.338 e. The molecule has 1 aromatic heterocycles. The smallest absolute Gasteiger partial charge is 0.261 e. The summed E-state index contributed by atoms with van der Waals surface area (Å²) in [6.45, 7) is 5.46. The molecule has 28 heavy (non-hydrogen) atoms. The quantitative estimate of drug-likeness (QED) is 0.542. The second-order valence-electron chi connectivity index (χ2n) is 7.25. The molecular weight excluding hydrogens is 354 g/mol. The predicted octanol–water partition coefficient (Wildman–Crippen LogP) is 2.07. The Morgan fingerprint density at radius 1 is 0.750 bits per heavy atom. The number of aromatic nitrogens is 2. The van der Waals surface area contributed by atoms with E-state index >= 15 is 0 Å². The average Bonchev–Trinajstić information content (AvgIpc) is 2.99. The first-order valence-corrected chi connectivity index (χ1v) is 9.93. The third-order valence-corrected chi connectivity index (χ3v) is 5.44. The number of nitrogens with zero attached hydrogens (tertiary/aromatic N) is 5. The molecule has 1 aromatic carbocycles. The fourth-order valence-corrected chi connectivity index (χ4v) is 3.85. The molecule has 7 heteroatoms. The molecule has 0 radical (unpaired) electrons. The standard InChI is InChI=1S/C21H25N5O2/c27-19-17-7-2-3-8-18(17)20(28)26(19)12-5-1-4-11-24-13-15-25(16-14-24)21-22-9-6-10-23-21/h2-3,6-10H,1,4-5,11-16H2. The highest BCUT2D eigenvalue weighted by Crippen LogP contribution is 2.22. The molecule has 3 heterocycles. The lowest BCUT2D eigenvalue weighted by Gasteiger charge is -2.34. The van der Waals surface area contributed by atoms with Crippen molar-refractivity contribution >= 4 is 17.8 Å². The van der Waals surface area contributed by atoms with Crippen LogP contribution < -0.4 is 4.90 Å². The molecule has 1 saturated heterocycles. The molecule has 0 saturated carbocycles. The van der Waals surface area contributed by atoms with Crippen LogP contribution in [0.2, 0.25) is 0 Å². The summed E-state index contributed by atoms with van der Waals surface area (Å²) in [6, 6.07) is 8.90. The number of hydrogen-bond donors (Lipinski definition) is 0. The Balaban J connectivity index is 1.15. The van der Waals surface area contributed by atoms with Gasteiger partial charge in [0.15, 0.2) is 0 Å². The molecule has 0 spiro atoms. The third kappa shape index (κ3) is 3.89. The number of benzene rings is 1. The minimum atomic E-state index is -0.153. The van der Waals surface area contributed by atoms with Crippen LogP contribution in [0.4, 0.5) is 5.95 Å². The van der Waals surface area contributed by atoms with Gasteiger partial charge < -0.3 is 4.90 Å². The molecule has 0 aliphatic carbocycles. The van der Waals surface area contributed by atoms with Crippen molar-refractivity contribution in [1.82, 2.24) is 19.8 Å². The SMILES string of the molecule is O=C1c2ccccc2C(=O)N1CCCCCN1CCN(c2ncccn2)CC1. The van der Waals surface area contributed by atoms with Crippen LogP contribution in [0, 0.1) is 0 Å². The first kappa shape index (κ1) is 18.6. The van der Waals surface area contributed by atoms with Crippen LogP contribution in [0.15, 0.2) is 42.7 Å². The van der Waals surface area contributed by atoms with E-state index in [2.05, 4.69) is 19.8 Å². The number of imide groups is 1. The number of hydrogen-bond acceptors (Lipinski definition) is 6. The molecular formula is C21H25N5O2. The van der Waals surface area contributed by atoms with Gasteiger partial charge in [-0.3, -0.25) is 19.4 Å². The second kappa shape index (κ2) is 8.48. The first-order valence-electron chi connectivity index (χ1n) is 9.93. The van der Waals surface area contributed by atoms with E-state index in [1.54, 1.807) is 36.7 Å². The number of carbonyl (C=O) groups excluding carboxylic acids is 2. The highest BCUT2D eigenvalue weighted by molar-refractivity contribution is 6.21. The van der Waals surface area contributed by atoms with Gasteiger partial charge in [0.05, 0.1) is 11.1 Å². The molecule has 0 unspecified atom stereocenters. The lowest BCUT2D eigenvalue weighted by atomic mass is 10.1. The van der Waals surface area contributed by atoms with Gasteiger partial charge >= 0.3 is 0 Å². The summed E-state index contributed by atoms with van der Waals surface area (Å²) in [4.78, 5) is 39.4. The van der Waals surface area contributed by atoms with Crippen molar-refractivity contribution in [2.45, 2.75) is 19.3 Å². The van der Waals surface area contributed by atoms with Crippen LogP contribution in [0.25, 0.3) is 0 Å². The zero-order chi connectivity index (χ0) is 19.3. The minimum Gasteiger partial charge on any atom is -0.338 e. The van der Waals surface area contributed by atoms with Crippen molar-refractivity contribution in [3.8, 4) is 0 Å². The van der Waals surface area contributed by atoms with Crippen molar-refractivity contribution < 1.29 is 9.59 Å². The molecule has 4 rings (SSSR count). The molecule has 0 N–H and O–H groups in total. The number of fused-ring (bicyclic) bond motifs is 1. The topological polar surface area (TPSA) is 69.6 Å². The fraction of sp³-hybridized carbons (Fsp3) is 0.429. The summed E-state index contributed by atoms with van der Waals surface area (Å²) in [6.07, 6.45) is 6.50. The maximum absolute atomic E-state index is 12.3. The van der Waals surface area contributed by atoms with E-state index in [9.17, 15) is 9.59 Å². The molecule has 1 fully saturated rings. The summed E-state index contributed by atoms with van der Waals surface area (Å²) >= 11 is 0. The van der Waals surface area contributed by atoms with Crippen LogP contribution in [-0.4, -0.2) is 70.9 Å². The summed E-state index contributed by atoms with van der Waals surface area (Å²) < 4.78 is 0. The summed E-state index contributed by atoms with van der Waals surface area (Å²) in [5.41, 5.74) is 1.07. The number of unbranched alkanes of at least 4 members (excludes halogenated alkanes) is 2. The van der Waals surface area contributed by atoms with Crippen molar-refractivity contribution in [1.29, 1.82) is 0 Å². The molecule has 7 nitrogen and oxygen atoms in total. The first-order chi connectivity index (χ1) is 13.7. The Morgan fingerprint density at radius 3 is 2.00 bits per heavy atom. The number of rotatable bonds is 7. The van der Waals surface area contributed by atoms with E-state index in [4.69, 9.17) is 0 Å². The predicted molar refractivity (Wildman–Crippen MR) is 106 cm³/mol. The molecule has 2 amide bonds. The van der Waals surface area contributed by atoms with Crippen LogP contribution in [0.1, 0.15) is 40.0 Å². The van der Waals surface area contributed by atoms with Gasteiger partial charge in [0.2, 0.25) is 5.95 Å². The molecule has 2 aliphatic heterocycles. The Hall–Kier alpha value is -2.80. The van der Waals surface area contributed by atoms with Gasteiger partial charge in [0, 0.05) is 45.1 Å². The van der Waals surface area contributed by atoms with Crippen LogP contribution in [0.5, 0.6) is 0 Å². The normalized spacial score (nSPS) is 17.3. The highest BCUT2D eigenvalue weighted by atomic mass is 16.2. The van der Waals surface area contributed by atoms with Crippen LogP contribution in [0.3, 0.4) is 0 Å². The molecule has 146 valence electrons. The molecule has 0 atom stereocenters. The van der Waals surface area contributed by atoms with Crippen molar-refractivity contribution in [2.24, 2.45) is 0 Å². The van der Waals surface area contributed by atoms with Gasteiger partial charge in [-0.15, -0.1) is 0 Å². The van der Waals surface area contributed by atoms with Gasteiger partial charge in [-0.1, -0.05) is 18.6 Å². The number of anilines is 1. The highest BCUT2D eigenvalue weighted by Gasteiger charge is 2.34. The summed E-state index contributed by atoms with van der Waals surface area (Å²) in [5, 5.41) is 0. The fourth-order valence-electron chi connectivity index (χ4n) is 3.85. The Kier molecular flexibility index (Phi) is 5.62. The number of carbonyl (C=O) groups is 2. The Labute approximate surface area is 165 Å². The minimum absolute atomic E-state index is 0.153. The van der Waals surface area contributed by atoms with E-state index in [-0.39, 0.29) is 11.8 Å². The maximum atomic E-state index is 12.3. The van der Waals surface area contributed by atoms with E-state index in [1.807, 2.05) is 6.07 Å².